The lowest BCUT2D eigenvalue weighted by Crippen LogP contribution is -2.24. The van der Waals surface area contributed by atoms with Gasteiger partial charge >= 0.3 is 0 Å². The van der Waals surface area contributed by atoms with Crippen LogP contribution in [0.1, 0.15) is 5.69 Å². The third-order valence-corrected chi connectivity index (χ3v) is 5.57. The third kappa shape index (κ3) is 3.47. The van der Waals surface area contributed by atoms with Crippen LogP contribution in [0.5, 0.6) is 0 Å². The fourth-order valence-electron chi connectivity index (χ4n) is 1.61. The summed E-state index contributed by atoms with van der Waals surface area (Å²) in [4.78, 5) is 0.219. The molecule has 1 aromatic carbocycles. The summed E-state index contributed by atoms with van der Waals surface area (Å²) in [6.07, 6.45) is 1.87. The van der Waals surface area contributed by atoms with Crippen LogP contribution in [0.15, 0.2) is 50.4 Å². The van der Waals surface area contributed by atoms with Gasteiger partial charge in [-0.2, -0.15) is 0 Å². The van der Waals surface area contributed by atoms with Crippen molar-refractivity contribution in [2.45, 2.75) is 11.4 Å². The summed E-state index contributed by atoms with van der Waals surface area (Å²) < 4.78 is 30.2. The summed E-state index contributed by atoms with van der Waals surface area (Å²) in [7, 11) is -1.67. The van der Waals surface area contributed by atoms with E-state index in [1.165, 1.54) is 0 Å². The van der Waals surface area contributed by atoms with Crippen LogP contribution in [-0.2, 0) is 23.6 Å². The number of hydrogen-bond acceptors (Lipinski definition) is 2. The van der Waals surface area contributed by atoms with E-state index >= 15 is 0 Å². The quantitative estimate of drug-likeness (QED) is 0.846. The van der Waals surface area contributed by atoms with Gasteiger partial charge in [-0.15, -0.1) is 0 Å². The van der Waals surface area contributed by atoms with E-state index in [1.807, 2.05) is 29.9 Å². The average molecular weight is 408 g/mol. The van der Waals surface area contributed by atoms with Gasteiger partial charge in [-0.05, 0) is 46.3 Å². The molecule has 4 nitrogen and oxygen atoms in total. The fraction of sp³-hybridized carbons (Fsp3) is 0.167. The van der Waals surface area contributed by atoms with E-state index in [0.717, 1.165) is 10.2 Å². The van der Waals surface area contributed by atoms with E-state index in [2.05, 4.69) is 36.6 Å². The summed E-state index contributed by atoms with van der Waals surface area (Å²) in [5.74, 6) is 0. The van der Waals surface area contributed by atoms with Crippen LogP contribution < -0.4 is 4.72 Å². The van der Waals surface area contributed by atoms with Crippen molar-refractivity contribution in [1.82, 2.24) is 9.29 Å². The molecule has 0 aliphatic rings. The predicted octanol–water partition coefficient (Wildman–Crippen LogP) is 3.03. The molecule has 7 heteroatoms. The number of nitrogens with zero attached hydrogens (tertiary/aromatic N) is 1. The first-order valence-electron chi connectivity index (χ1n) is 5.45. The highest BCUT2D eigenvalue weighted by molar-refractivity contribution is 9.11. The molecule has 0 atom stereocenters. The number of halogens is 2. The molecule has 0 bridgehead atoms. The standard InChI is InChI=1S/C12H12Br2N2O2S/c1-16-6-2-3-10(16)8-15-19(17,18)12-7-9(13)4-5-11(12)14/h2-7,15H,8H2,1H3. The Labute approximate surface area is 129 Å². The number of rotatable bonds is 4. The Morgan fingerprint density at radius 3 is 2.63 bits per heavy atom. The minimum Gasteiger partial charge on any atom is -0.353 e. The Morgan fingerprint density at radius 1 is 1.26 bits per heavy atom. The highest BCUT2D eigenvalue weighted by Gasteiger charge is 2.18. The van der Waals surface area contributed by atoms with Gasteiger partial charge in [0.1, 0.15) is 0 Å². The van der Waals surface area contributed by atoms with Gasteiger partial charge in [0.05, 0.1) is 11.4 Å². The molecule has 0 fully saturated rings. The topological polar surface area (TPSA) is 51.1 Å². The van der Waals surface area contributed by atoms with Crippen LogP contribution in [-0.4, -0.2) is 13.0 Å². The van der Waals surface area contributed by atoms with Crippen LogP contribution in [0, 0.1) is 0 Å². The predicted molar refractivity (Wildman–Crippen MR) is 81.3 cm³/mol. The summed E-state index contributed by atoms with van der Waals surface area (Å²) in [6.45, 7) is 0.255. The lowest BCUT2D eigenvalue weighted by molar-refractivity contribution is 0.578. The minimum absolute atomic E-state index is 0.219. The van der Waals surface area contributed by atoms with Crippen molar-refractivity contribution in [2.24, 2.45) is 7.05 Å². The van der Waals surface area contributed by atoms with Gasteiger partial charge in [-0.25, -0.2) is 13.1 Å². The first-order chi connectivity index (χ1) is 8.90. The van der Waals surface area contributed by atoms with Gasteiger partial charge < -0.3 is 4.57 Å². The van der Waals surface area contributed by atoms with Crippen molar-refractivity contribution in [1.29, 1.82) is 0 Å². The lowest BCUT2D eigenvalue weighted by Gasteiger charge is -2.09. The summed E-state index contributed by atoms with van der Waals surface area (Å²) in [6, 6.07) is 8.79. The monoisotopic (exact) mass is 406 g/mol. The summed E-state index contributed by atoms with van der Waals surface area (Å²) >= 11 is 6.53. The van der Waals surface area contributed by atoms with E-state index in [0.29, 0.717) is 4.47 Å². The molecule has 2 aromatic rings. The number of benzene rings is 1. The molecule has 0 saturated carbocycles. The van der Waals surface area contributed by atoms with Gasteiger partial charge in [-0.1, -0.05) is 15.9 Å². The van der Waals surface area contributed by atoms with Crippen LogP contribution in [0.4, 0.5) is 0 Å². The molecule has 0 radical (unpaired) electrons. The maximum atomic E-state index is 12.2. The molecule has 0 aliphatic heterocycles. The smallest absolute Gasteiger partial charge is 0.242 e. The lowest BCUT2D eigenvalue weighted by atomic mass is 10.4. The number of nitrogens with one attached hydrogen (secondary N) is 1. The van der Waals surface area contributed by atoms with Gasteiger partial charge in [0, 0.05) is 27.9 Å². The Kier molecular flexibility index (Phi) is 4.50. The number of hydrogen-bond donors (Lipinski definition) is 1. The number of sulfonamides is 1. The molecular weight excluding hydrogens is 396 g/mol. The maximum Gasteiger partial charge on any atom is 0.242 e. The first kappa shape index (κ1) is 14.8. The van der Waals surface area contributed by atoms with Gasteiger partial charge in [0.15, 0.2) is 0 Å². The summed E-state index contributed by atoms with van der Waals surface area (Å²) in [5.41, 5.74) is 0.898. The minimum atomic E-state index is -3.55. The molecule has 1 aromatic heterocycles. The number of aromatic nitrogens is 1. The Morgan fingerprint density at radius 2 is 2.00 bits per heavy atom. The normalized spacial score (nSPS) is 11.7. The molecule has 2 rings (SSSR count). The molecule has 0 saturated heterocycles. The zero-order chi connectivity index (χ0) is 14.0. The Bertz CT molecular complexity index is 696. The number of aryl methyl sites for hydroxylation is 1. The fourth-order valence-corrected chi connectivity index (χ4v) is 4.11. The van der Waals surface area contributed by atoms with Gasteiger partial charge in [0.25, 0.3) is 0 Å². The zero-order valence-corrected chi connectivity index (χ0v) is 14.1. The second-order valence-corrected chi connectivity index (χ2v) is 7.52. The van der Waals surface area contributed by atoms with Crippen molar-refractivity contribution in [3.63, 3.8) is 0 Å². The molecule has 0 unspecified atom stereocenters. The van der Waals surface area contributed by atoms with Crippen molar-refractivity contribution >= 4 is 41.9 Å². The van der Waals surface area contributed by atoms with Crippen molar-refractivity contribution in [2.75, 3.05) is 0 Å². The van der Waals surface area contributed by atoms with Crippen LogP contribution >= 0.6 is 31.9 Å². The maximum absolute atomic E-state index is 12.2. The van der Waals surface area contributed by atoms with Crippen LogP contribution in [0.2, 0.25) is 0 Å². The molecule has 1 N–H and O–H groups in total. The molecule has 0 amide bonds. The molecule has 102 valence electrons. The highest BCUT2D eigenvalue weighted by atomic mass is 79.9. The highest BCUT2D eigenvalue weighted by Crippen LogP contribution is 2.25. The molecular formula is C12H12Br2N2O2S. The van der Waals surface area contributed by atoms with E-state index in [-0.39, 0.29) is 11.4 Å². The van der Waals surface area contributed by atoms with Crippen LogP contribution in [0.25, 0.3) is 0 Å². The van der Waals surface area contributed by atoms with Crippen molar-refractivity contribution in [3.8, 4) is 0 Å². The Balaban J connectivity index is 2.23. The summed E-state index contributed by atoms with van der Waals surface area (Å²) in [5, 5.41) is 0. The van der Waals surface area contributed by atoms with Crippen molar-refractivity contribution < 1.29 is 8.42 Å². The Hall–Kier alpha value is -0.630. The van der Waals surface area contributed by atoms with Crippen LogP contribution in [0.3, 0.4) is 0 Å². The zero-order valence-electron chi connectivity index (χ0n) is 10.1. The van der Waals surface area contributed by atoms with Crippen molar-refractivity contribution in [3.05, 3.63) is 51.2 Å². The van der Waals surface area contributed by atoms with E-state index in [9.17, 15) is 8.42 Å². The van der Waals surface area contributed by atoms with E-state index in [1.54, 1.807) is 18.2 Å². The molecule has 0 spiro atoms. The molecule has 1 heterocycles. The third-order valence-electron chi connectivity index (χ3n) is 2.68. The SMILES string of the molecule is Cn1cccc1CNS(=O)(=O)c1cc(Br)ccc1Br. The average Bonchev–Trinajstić information content (AvgIpc) is 2.75. The molecule has 19 heavy (non-hydrogen) atoms. The van der Waals surface area contributed by atoms with E-state index < -0.39 is 10.0 Å². The first-order valence-corrected chi connectivity index (χ1v) is 8.52. The van der Waals surface area contributed by atoms with Gasteiger partial charge in [0.2, 0.25) is 10.0 Å². The second-order valence-electron chi connectivity index (χ2n) is 4.01. The van der Waals surface area contributed by atoms with Gasteiger partial charge in [-0.3, -0.25) is 0 Å². The van der Waals surface area contributed by atoms with E-state index in [4.69, 9.17) is 0 Å². The molecule has 0 aliphatic carbocycles. The largest absolute Gasteiger partial charge is 0.353 e. The second kappa shape index (κ2) is 5.78.